The molecule has 10 heteroatoms. The molecule has 4 rings (SSSR count). The maximum atomic E-state index is 12.5. The lowest BCUT2D eigenvalue weighted by Gasteiger charge is -2.10. The average Bonchev–Trinajstić information content (AvgIpc) is 3.25. The van der Waals surface area contributed by atoms with Gasteiger partial charge >= 0.3 is 0 Å². The molecule has 0 bridgehead atoms. The van der Waals surface area contributed by atoms with Gasteiger partial charge in [0.25, 0.3) is 5.56 Å². The molecule has 2 heterocycles. The number of H-pyrrole nitrogens is 1. The van der Waals surface area contributed by atoms with Crippen molar-refractivity contribution in [3.8, 4) is 5.75 Å². The lowest BCUT2D eigenvalue weighted by Crippen LogP contribution is -2.16. The summed E-state index contributed by atoms with van der Waals surface area (Å²) in [5.74, 6) is 1.33. The summed E-state index contributed by atoms with van der Waals surface area (Å²) in [7, 11) is 1.64. The van der Waals surface area contributed by atoms with Crippen molar-refractivity contribution < 1.29 is 4.74 Å². The number of nitrogens with zero attached hydrogens (tertiary/aromatic N) is 4. The fraction of sp³-hybridized carbons (Fsp3) is 0.217. The Morgan fingerprint density at radius 3 is 2.55 bits per heavy atom. The smallest absolute Gasteiger partial charge is 0.254 e. The molecule has 0 atom stereocenters. The Bertz CT molecular complexity index is 1300. The van der Waals surface area contributed by atoms with Crippen LogP contribution in [-0.4, -0.2) is 32.1 Å². The Morgan fingerprint density at radius 1 is 1.12 bits per heavy atom. The average molecular weight is 502 g/mol. The Labute approximate surface area is 205 Å². The van der Waals surface area contributed by atoms with Crippen molar-refractivity contribution in [3.05, 3.63) is 97.1 Å². The number of hydrogen-bond acceptors (Lipinski definition) is 6. The predicted octanol–water partition coefficient (Wildman–Crippen LogP) is 4.92. The Balaban J connectivity index is 1.45. The first-order valence-electron chi connectivity index (χ1n) is 10.1. The van der Waals surface area contributed by atoms with Crippen molar-refractivity contribution in [2.24, 2.45) is 0 Å². The van der Waals surface area contributed by atoms with Gasteiger partial charge in [-0.3, -0.25) is 4.79 Å². The summed E-state index contributed by atoms with van der Waals surface area (Å²) < 4.78 is 6.96. The van der Waals surface area contributed by atoms with Gasteiger partial charge in [0.15, 0.2) is 5.16 Å². The summed E-state index contributed by atoms with van der Waals surface area (Å²) >= 11 is 14.0. The zero-order chi connectivity index (χ0) is 23.4. The molecule has 0 aliphatic carbocycles. The van der Waals surface area contributed by atoms with Crippen LogP contribution in [0.3, 0.4) is 0 Å². The number of methoxy groups -OCH3 is 1. The van der Waals surface area contributed by atoms with Gasteiger partial charge in [0.2, 0.25) is 0 Å². The number of halogens is 2. The van der Waals surface area contributed by atoms with Crippen LogP contribution in [0.15, 0.2) is 58.6 Å². The van der Waals surface area contributed by atoms with Crippen LogP contribution in [0.1, 0.15) is 28.1 Å². The molecule has 0 spiro atoms. The van der Waals surface area contributed by atoms with Gasteiger partial charge in [-0.1, -0.05) is 58.4 Å². The summed E-state index contributed by atoms with van der Waals surface area (Å²) in [6.45, 7) is 2.34. The fourth-order valence-electron chi connectivity index (χ4n) is 3.21. The maximum absolute atomic E-state index is 12.5. The fourth-order valence-corrected chi connectivity index (χ4v) is 4.50. The van der Waals surface area contributed by atoms with E-state index >= 15 is 0 Å². The number of aromatic nitrogens is 5. The third kappa shape index (κ3) is 5.76. The van der Waals surface area contributed by atoms with Crippen LogP contribution in [0.2, 0.25) is 10.0 Å². The summed E-state index contributed by atoms with van der Waals surface area (Å²) in [5, 5.41) is 10.0. The van der Waals surface area contributed by atoms with Crippen LogP contribution in [-0.2, 0) is 18.7 Å². The van der Waals surface area contributed by atoms with Crippen LogP contribution < -0.4 is 10.3 Å². The standard InChI is InChI=1S/C23H21Cl2N5O2S/c1-14-21(10-18-19(24)4-3-5-20(18)25)26-23(27-22(14)31)33-13-16-12-30(29-28-16)11-15-6-8-17(32-2)9-7-15/h3-9,12H,10-11,13H2,1-2H3,(H,26,27,31). The molecule has 4 aromatic rings. The van der Waals surface area contributed by atoms with Gasteiger partial charge in [0.05, 0.1) is 25.0 Å². The number of aromatic amines is 1. The summed E-state index contributed by atoms with van der Waals surface area (Å²) in [5.41, 5.74) is 3.62. The van der Waals surface area contributed by atoms with Gasteiger partial charge < -0.3 is 9.72 Å². The lowest BCUT2D eigenvalue weighted by atomic mass is 10.1. The molecular weight excluding hydrogens is 481 g/mol. The Morgan fingerprint density at radius 2 is 1.85 bits per heavy atom. The second-order valence-electron chi connectivity index (χ2n) is 7.36. The number of benzene rings is 2. The highest BCUT2D eigenvalue weighted by Crippen LogP contribution is 2.27. The monoisotopic (exact) mass is 501 g/mol. The van der Waals surface area contributed by atoms with Gasteiger partial charge in [-0.15, -0.1) is 5.10 Å². The molecular formula is C23H21Cl2N5O2S. The van der Waals surface area contributed by atoms with E-state index in [4.69, 9.17) is 27.9 Å². The molecule has 0 fully saturated rings. The highest BCUT2D eigenvalue weighted by Gasteiger charge is 2.14. The Kier molecular flexibility index (Phi) is 7.37. The van der Waals surface area contributed by atoms with Gasteiger partial charge in [-0.2, -0.15) is 0 Å². The summed E-state index contributed by atoms with van der Waals surface area (Å²) in [6.07, 6.45) is 2.26. The van der Waals surface area contributed by atoms with Gasteiger partial charge in [0, 0.05) is 34.0 Å². The van der Waals surface area contributed by atoms with E-state index in [1.165, 1.54) is 11.8 Å². The van der Waals surface area contributed by atoms with Crippen molar-refractivity contribution in [2.75, 3.05) is 7.11 Å². The van der Waals surface area contributed by atoms with Crippen molar-refractivity contribution in [1.29, 1.82) is 0 Å². The van der Waals surface area contributed by atoms with Crippen molar-refractivity contribution in [1.82, 2.24) is 25.0 Å². The first-order chi connectivity index (χ1) is 15.9. The van der Waals surface area contributed by atoms with Gasteiger partial charge in [-0.05, 0) is 42.3 Å². The topological polar surface area (TPSA) is 85.7 Å². The molecule has 33 heavy (non-hydrogen) atoms. The predicted molar refractivity (Wildman–Crippen MR) is 131 cm³/mol. The molecule has 0 saturated carbocycles. The number of thioether (sulfide) groups is 1. The molecule has 0 amide bonds. The third-order valence-corrected chi connectivity index (χ3v) is 6.70. The van der Waals surface area contributed by atoms with E-state index in [-0.39, 0.29) is 5.56 Å². The molecule has 0 aliphatic rings. The number of hydrogen-bond donors (Lipinski definition) is 1. The third-order valence-electron chi connectivity index (χ3n) is 5.08. The maximum Gasteiger partial charge on any atom is 0.254 e. The molecule has 0 aliphatic heterocycles. The van der Waals surface area contributed by atoms with Crippen molar-refractivity contribution in [3.63, 3.8) is 0 Å². The van der Waals surface area contributed by atoms with E-state index in [1.807, 2.05) is 30.5 Å². The van der Waals surface area contributed by atoms with Crippen molar-refractivity contribution >= 4 is 35.0 Å². The van der Waals surface area contributed by atoms with E-state index in [2.05, 4.69) is 20.3 Å². The zero-order valence-electron chi connectivity index (χ0n) is 18.0. The van der Waals surface area contributed by atoms with Crippen LogP contribution in [0.25, 0.3) is 0 Å². The van der Waals surface area contributed by atoms with E-state index in [0.717, 1.165) is 22.6 Å². The minimum Gasteiger partial charge on any atom is -0.497 e. The van der Waals surface area contributed by atoms with Crippen LogP contribution in [0.4, 0.5) is 0 Å². The number of ether oxygens (including phenoxy) is 1. The summed E-state index contributed by atoms with van der Waals surface area (Å²) in [4.78, 5) is 19.9. The highest BCUT2D eigenvalue weighted by atomic mass is 35.5. The van der Waals surface area contributed by atoms with Crippen LogP contribution in [0.5, 0.6) is 5.75 Å². The lowest BCUT2D eigenvalue weighted by molar-refractivity contribution is 0.414. The molecule has 170 valence electrons. The quantitative estimate of drug-likeness (QED) is 0.272. The minimum absolute atomic E-state index is 0.186. The molecule has 1 N–H and O–H groups in total. The molecule has 0 radical (unpaired) electrons. The first-order valence-corrected chi connectivity index (χ1v) is 11.8. The second kappa shape index (κ2) is 10.4. The van der Waals surface area contributed by atoms with E-state index < -0.39 is 0 Å². The molecule has 2 aromatic carbocycles. The first kappa shape index (κ1) is 23.4. The number of rotatable bonds is 8. The van der Waals surface area contributed by atoms with Crippen LogP contribution >= 0.6 is 35.0 Å². The molecule has 0 unspecified atom stereocenters. The molecule has 2 aromatic heterocycles. The minimum atomic E-state index is -0.186. The van der Waals surface area contributed by atoms with E-state index in [0.29, 0.717) is 45.2 Å². The SMILES string of the molecule is COc1ccc(Cn2cc(CSc3nc(Cc4c(Cl)cccc4Cl)c(C)c(=O)[nH]3)nn2)cc1. The summed E-state index contributed by atoms with van der Waals surface area (Å²) in [6, 6.07) is 13.1. The molecule has 7 nitrogen and oxygen atoms in total. The largest absolute Gasteiger partial charge is 0.497 e. The van der Waals surface area contributed by atoms with Gasteiger partial charge in [0.1, 0.15) is 5.75 Å². The van der Waals surface area contributed by atoms with Gasteiger partial charge in [-0.25, -0.2) is 9.67 Å². The number of nitrogens with one attached hydrogen (secondary N) is 1. The normalized spacial score (nSPS) is 11.0. The van der Waals surface area contributed by atoms with E-state index in [9.17, 15) is 4.79 Å². The van der Waals surface area contributed by atoms with Crippen LogP contribution in [0, 0.1) is 6.92 Å². The highest BCUT2D eigenvalue weighted by molar-refractivity contribution is 7.98. The molecule has 0 saturated heterocycles. The zero-order valence-corrected chi connectivity index (χ0v) is 20.3. The Hall–Kier alpha value is -2.81. The van der Waals surface area contributed by atoms with Crippen molar-refractivity contribution in [2.45, 2.75) is 30.8 Å². The van der Waals surface area contributed by atoms with E-state index in [1.54, 1.807) is 36.9 Å². The second-order valence-corrected chi connectivity index (χ2v) is 9.14.